The van der Waals surface area contributed by atoms with E-state index in [2.05, 4.69) is 41.1 Å². The van der Waals surface area contributed by atoms with Crippen molar-refractivity contribution >= 4 is 48.8 Å². The first-order valence-corrected chi connectivity index (χ1v) is 12.6. The highest BCUT2D eigenvalue weighted by molar-refractivity contribution is 9.10. The number of halogens is 1. The molecule has 2 heterocycles. The van der Waals surface area contributed by atoms with E-state index in [1.807, 2.05) is 13.0 Å². The van der Waals surface area contributed by atoms with Gasteiger partial charge in [-0.1, -0.05) is 15.9 Å². The van der Waals surface area contributed by atoms with Crippen LogP contribution in [0, 0.1) is 0 Å². The summed E-state index contributed by atoms with van der Waals surface area (Å²) in [6, 6.07) is 13.8. The number of anilines is 4. The normalized spacial score (nSPS) is 13.8. The van der Waals surface area contributed by atoms with Crippen LogP contribution in [0.4, 0.5) is 22.9 Å². The first kappa shape index (κ1) is 22.3. The molecule has 0 atom stereocenters. The van der Waals surface area contributed by atoms with Gasteiger partial charge < -0.3 is 15.0 Å². The van der Waals surface area contributed by atoms with Crippen molar-refractivity contribution in [1.82, 2.24) is 10.2 Å². The summed E-state index contributed by atoms with van der Waals surface area (Å²) >= 11 is 3.32. The zero-order valence-electron chi connectivity index (χ0n) is 17.6. The summed E-state index contributed by atoms with van der Waals surface area (Å²) in [4.78, 5) is 2.36. The average Bonchev–Trinajstić information content (AvgIpc) is 3.32. The van der Waals surface area contributed by atoms with Crippen LogP contribution in [0.1, 0.15) is 19.8 Å². The van der Waals surface area contributed by atoms with Crippen molar-refractivity contribution in [3.63, 3.8) is 0 Å². The van der Waals surface area contributed by atoms with Crippen LogP contribution < -0.4 is 19.7 Å². The zero-order valence-corrected chi connectivity index (χ0v) is 20.0. The number of benzene rings is 2. The molecule has 1 aromatic heterocycles. The summed E-state index contributed by atoms with van der Waals surface area (Å²) in [5, 5.41) is 11.5. The van der Waals surface area contributed by atoms with Crippen LogP contribution in [0.5, 0.6) is 5.75 Å². The Kier molecular flexibility index (Phi) is 6.80. The minimum Gasteiger partial charge on any atom is -0.492 e. The Morgan fingerprint density at radius 2 is 1.78 bits per heavy atom. The van der Waals surface area contributed by atoms with Gasteiger partial charge in [-0.2, -0.15) is 5.10 Å². The van der Waals surface area contributed by atoms with E-state index >= 15 is 0 Å². The zero-order chi connectivity index (χ0) is 22.6. The van der Waals surface area contributed by atoms with Crippen molar-refractivity contribution in [1.29, 1.82) is 0 Å². The third-order valence-corrected chi connectivity index (χ3v) is 6.91. The van der Waals surface area contributed by atoms with Crippen molar-refractivity contribution in [2.24, 2.45) is 0 Å². The Morgan fingerprint density at radius 3 is 2.50 bits per heavy atom. The molecule has 0 amide bonds. The van der Waals surface area contributed by atoms with Gasteiger partial charge in [-0.3, -0.25) is 4.72 Å². The Balaban J connectivity index is 1.47. The molecule has 1 saturated heterocycles. The van der Waals surface area contributed by atoms with Gasteiger partial charge in [0.2, 0.25) is 0 Å². The lowest BCUT2D eigenvalue weighted by Crippen LogP contribution is -2.18. The molecule has 1 fully saturated rings. The number of nitrogens with one attached hydrogen (secondary N) is 2. The van der Waals surface area contributed by atoms with E-state index < -0.39 is 10.0 Å². The van der Waals surface area contributed by atoms with E-state index in [-0.39, 0.29) is 4.90 Å². The molecule has 8 nitrogen and oxygen atoms in total. The molecular weight excluding hydrogens is 494 g/mol. The molecule has 0 unspecified atom stereocenters. The molecule has 0 spiro atoms. The Bertz CT molecular complexity index is 1180. The molecule has 2 N–H and O–H groups in total. The third-order valence-electron chi connectivity index (χ3n) is 5.02. The van der Waals surface area contributed by atoms with E-state index in [1.165, 1.54) is 18.9 Å². The van der Waals surface area contributed by atoms with Crippen LogP contribution in [0.3, 0.4) is 0 Å². The quantitative estimate of drug-likeness (QED) is 0.443. The van der Waals surface area contributed by atoms with Gasteiger partial charge in [0.1, 0.15) is 10.6 Å². The largest absolute Gasteiger partial charge is 0.492 e. The fraction of sp³-hybridized carbons (Fsp3) is 0.273. The second kappa shape index (κ2) is 9.74. The first-order chi connectivity index (χ1) is 15.4. The van der Waals surface area contributed by atoms with Gasteiger partial charge in [-0.25, -0.2) is 8.42 Å². The topological polar surface area (TPSA) is 96.5 Å². The van der Waals surface area contributed by atoms with Gasteiger partial charge in [0.15, 0.2) is 5.82 Å². The Labute approximate surface area is 196 Å². The van der Waals surface area contributed by atoms with Gasteiger partial charge in [0.05, 0.1) is 18.5 Å². The fourth-order valence-corrected chi connectivity index (χ4v) is 5.25. The van der Waals surface area contributed by atoms with E-state index in [9.17, 15) is 8.42 Å². The highest BCUT2D eigenvalue weighted by Gasteiger charge is 2.20. The smallest absolute Gasteiger partial charge is 0.265 e. The number of nitrogens with zero attached hydrogens (tertiary/aromatic N) is 3. The van der Waals surface area contributed by atoms with E-state index in [0.717, 1.165) is 24.5 Å². The molecule has 168 valence electrons. The Hall–Kier alpha value is -2.85. The van der Waals surface area contributed by atoms with Crippen molar-refractivity contribution in [3.8, 4) is 5.75 Å². The van der Waals surface area contributed by atoms with Gasteiger partial charge >= 0.3 is 0 Å². The fourth-order valence-electron chi connectivity index (χ4n) is 3.51. The van der Waals surface area contributed by atoms with Gasteiger partial charge in [-0.05, 0) is 62.2 Å². The molecule has 4 rings (SSSR count). The SMILES string of the molecule is CCOc1ccc(Br)cc1S(=O)(=O)Nc1ccc(Nc2cc(N3CCCC3)cnn2)cc1. The van der Waals surface area contributed by atoms with Crippen LogP contribution in [-0.2, 0) is 10.0 Å². The predicted molar refractivity (Wildman–Crippen MR) is 129 cm³/mol. The van der Waals surface area contributed by atoms with Crippen molar-refractivity contribution < 1.29 is 13.2 Å². The summed E-state index contributed by atoms with van der Waals surface area (Å²) in [6.07, 6.45) is 4.15. The molecule has 10 heteroatoms. The number of sulfonamides is 1. The molecule has 32 heavy (non-hydrogen) atoms. The maximum Gasteiger partial charge on any atom is 0.265 e. The van der Waals surface area contributed by atoms with Crippen LogP contribution in [0.25, 0.3) is 0 Å². The van der Waals surface area contributed by atoms with Crippen LogP contribution >= 0.6 is 15.9 Å². The number of rotatable bonds is 8. The molecule has 0 bridgehead atoms. The summed E-state index contributed by atoms with van der Waals surface area (Å²) < 4.78 is 34.6. The molecule has 0 aliphatic carbocycles. The van der Waals surface area contributed by atoms with Crippen LogP contribution in [-0.4, -0.2) is 38.3 Å². The highest BCUT2D eigenvalue weighted by Crippen LogP contribution is 2.30. The monoisotopic (exact) mass is 517 g/mol. The first-order valence-electron chi connectivity index (χ1n) is 10.3. The number of ether oxygens (including phenoxy) is 1. The van der Waals surface area contributed by atoms with Gasteiger partial charge in [0, 0.05) is 35.0 Å². The summed E-state index contributed by atoms with van der Waals surface area (Å²) in [7, 11) is -3.83. The molecular formula is C22H24BrN5O3S. The minimum absolute atomic E-state index is 0.0740. The average molecular weight is 518 g/mol. The maximum atomic E-state index is 12.9. The summed E-state index contributed by atoms with van der Waals surface area (Å²) in [5.74, 6) is 0.941. The van der Waals surface area contributed by atoms with Crippen LogP contribution in [0.2, 0.25) is 0 Å². The standard InChI is InChI=1S/C22H24BrN5O3S/c1-2-31-20-10-5-16(23)13-21(20)32(29,30)27-18-8-6-17(7-9-18)25-22-14-19(15-24-26-22)28-11-3-4-12-28/h5-10,13-15,27H,2-4,11-12H2,1H3,(H,25,26). The maximum absolute atomic E-state index is 12.9. The predicted octanol–water partition coefficient (Wildman–Crippen LogP) is 4.78. The molecule has 2 aromatic carbocycles. The van der Waals surface area contributed by atoms with E-state index in [1.54, 1.807) is 42.6 Å². The second-order valence-corrected chi connectivity index (χ2v) is 9.89. The number of hydrogen-bond donors (Lipinski definition) is 2. The number of hydrogen-bond acceptors (Lipinski definition) is 7. The van der Waals surface area contributed by atoms with Crippen molar-refractivity contribution in [3.05, 3.63) is 59.2 Å². The lowest BCUT2D eigenvalue weighted by Gasteiger charge is -2.17. The van der Waals surface area contributed by atoms with Crippen molar-refractivity contribution in [2.75, 3.05) is 34.6 Å². The number of aromatic nitrogens is 2. The summed E-state index contributed by atoms with van der Waals surface area (Å²) in [6.45, 7) is 4.24. The molecule has 0 saturated carbocycles. The minimum atomic E-state index is -3.83. The second-order valence-electron chi connectivity index (χ2n) is 7.33. The lowest BCUT2D eigenvalue weighted by molar-refractivity contribution is 0.331. The summed E-state index contributed by atoms with van der Waals surface area (Å²) in [5.41, 5.74) is 2.26. The lowest BCUT2D eigenvalue weighted by atomic mass is 10.3. The highest BCUT2D eigenvalue weighted by atomic mass is 79.9. The van der Waals surface area contributed by atoms with Crippen LogP contribution in [0.15, 0.2) is 64.1 Å². The van der Waals surface area contributed by atoms with Gasteiger partial charge in [-0.15, -0.1) is 5.10 Å². The molecule has 0 radical (unpaired) electrons. The molecule has 3 aromatic rings. The third kappa shape index (κ3) is 5.31. The van der Waals surface area contributed by atoms with E-state index in [4.69, 9.17) is 4.74 Å². The van der Waals surface area contributed by atoms with Gasteiger partial charge in [0.25, 0.3) is 10.0 Å². The Morgan fingerprint density at radius 1 is 1.06 bits per heavy atom. The van der Waals surface area contributed by atoms with E-state index in [0.29, 0.717) is 28.3 Å². The van der Waals surface area contributed by atoms with Crippen molar-refractivity contribution in [2.45, 2.75) is 24.7 Å². The molecule has 1 aliphatic rings. The molecule has 1 aliphatic heterocycles.